The molecule has 5 N–H and O–H groups in total. The Morgan fingerprint density at radius 2 is 1.79 bits per heavy atom. The van der Waals surface area contributed by atoms with Gasteiger partial charge in [0.15, 0.2) is 0 Å². The summed E-state index contributed by atoms with van der Waals surface area (Å²) in [5, 5.41) is 8.43. The van der Waals surface area contributed by atoms with Gasteiger partial charge < -0.3 is 16.6 Å². The van der Waals surface area contributed by atoms with Crippen LogP contribution < -0.4 is 11.5 Å². The Morgan fingerprint density at radius 3 is 2.21 bits per heavy atom. The number of hydrogen-bond donors (Lipinski definition) is 3. The summed E-state index contributed by atoms with van der Waals surface area (Å²) < 4.78 is 25.9. The molecule has 1 aromatic rings. The van der Waals surface area contributed by atoms with E-state index in [2.05, 4.69) is 0 Å². The monoisotopic (exact) mass is 202 g/mol. The predicted octanol–water partition coefficient (Wildman–Crippen LogP) is 0.896. The highest BCUT2D eigenvalue weighted by Crippen LogP contribution is 2.28. The topological polar surface area (TPSA) is 72.3 Å². The molecule has 0 saturated heterocycles. The number of nitrogen functional groups attached to an aromatic ring is 1. The molecule has 78 valence electrons. The van der Waals surface area contributed by atoms with Gasteiger partial charge >= 0.3 is 0 Å². The number of halogens is 2. The van der Waals surface area contributed by atoms with Crippen molar-refractivity contribution < 1.29 is 13.9 Å². The lowest BCUT2D eigenvalue weighted by atomic mass is 10.0. The summed E-state index contributed by atoms with van der Waals surface area (Å²) in [4.78, 5) is 0. The van der Waals surface area contributed by atoms with Crippen LogP contribution in [0.1, 0.15) is 11.6 Å². The van der Waals surface area contributed by atoms with E-state index in [9.17, 15) is 8.78 Å². The third-order valence-electron chi connectivity index (χ3n) is 1.96. The Bertz CT molecular complexity index is 300. The summed E-state index contributed by atoms with van der Waals surface area (Å²) >= 11 is 0. The Balaban J connectivity index is 2.89. The molecule has 0 saturated carbocycles. The molecule has 3 nitrogen and oxygen atoms in total. The van der Waals surface area contributed by atoms with Crippen molar-refractivity contribution in [2.75, 3.05) is 12.3 Å². The number of anilines is 1. The minimum atomic E-state index is -3.31. The number of hydrogen-bond acceptors (Lipinski definition) is 3. The van der Waals surface area contributed by atoms with Crippen LogP contribution in [-0.4, -0.2) is 17.6 Å². The minimum Gasteiger partial charge on any atom is -0.399 e. The van der Waals surface area contributed by atoms with Gasteiger partial charge in [-0.05, 0) is 17.7 Å². The third kappa shape index (κ3) is 2.18. The normalized spacial score (nSPS) is 14.0. The van der Waals surface area contributed by atoms with Crippen LogP contribution in [0.5, 0.6) is 0 Å². The van der Waals surface area contributed by atoms with Crippen LogP contribution in [0, 0.1) is 0 Å². The molecule has 0 aromatic heterocycles. The molecule has 0 fully saturated rings. The fraction of sp³-hybridized carbons (Fsp3) is 0.333. The molecular formula is C9H12F2N2O. The van der Waals surface area contributed by atoms with E-state index in [0.717, 1.165) is 0 Å². The van der Waals surface area contributed by atoms with Crippen molar-refractivity contribution in [1.29, 1.82) is 0 Å². The lowest BCUT2D eigenvalue weighted by molar-refractivity contribution is -0.0711. The molecule has 0 amide bonds. The Hall–Kier alpha value is -1.20. The molecule has 1 atom stereocenters. The lowest BCUT2D eigenvalue weighted by Gasteiger charge is -2.21. The molecule has 0 aliphatic heterocycles. The molecule has 0 aliphatic carbocycles. The van der Waals surface area contributed by atoms with Gasteiger partial charge in [0.05, 0.1) is 6.04 Å². The van der Waals surface area contributed by atoms with Crippen LogP contribution in [0.4, 0.5) is 14.5 Å². The molecule has 1 rings (SSSR count). The molecule has 0 bridgehead atoms. The summed E-state index contributed by atoms with van der Waals surface area (Å²) in [7, 11) is 0. The van der Waals surface area contributed by atoms with Gasteiger partial charge in [-0.3, -0.25) is 0 Å². The van der Waals surface area contributed by atoms with E-state index in [-0.39, 0.29) is 5.56 Å². The summed E-state index contributed by atoms with van der Waals surface area (Å²) in [6.45, 7) is -1.27. The molecular weight excluding hydrogens is 190 g/mol. The molecule has 0 unspecified atom stereocenters. The molecule has 0 spiro atoms. The zero-order valence-corrected chi connectivity index (χ0v) is 7.45. The Labute approximate surface area is 80.3 Å². The van der Waals surface area contributed by atoms with Crippen molar-refractivity contribution in [2.45, 2.75) is 12.0 Å². The van der Waals surface area contributed by atoms with Crippen LogP contribution in [0.15, 0.2) is 24.3 Å². The highest BCUT2D eigenvalue weighted by Gasteiger charge is 2.37. The zero-order chi connectivity index (χ0) is 10.8. The first-order valence-electron chi connectivity index (χ1n) is 4.07. The number of aliphatic hydroxyl groups is 1. The van der Waals surface area contributed by atoms with Gasteiger partial charge in [0.25, 0.3) is 5.92 Å². The smallest absolute Gasteiger partial charge is 0.289 e. The fourth-order valence-corrected chi connectivity index (χ4v) is 1.05. The van der Waals surface area contributed by atoms with Crippen molar-refractivity contribution in [2.24, 2.45) is 5.73 Å². The van der Waals surface area contributed by atoms with Gasteiger partial charge in [0.2, 0.25) is 0 Å². The first-order valence-corrected chi connectivity index (χ1v) is 4.07. The number of benzene rings is 1. The van der Waals surface area contributed by atoms with Crippen molar-refractivity contribution in [3.05, 3.63) is 29.8 Å². The second kappa shape index (κ2) is 3.89. The summed E-state index contributed by atoms with van der Waals surface area (Å²) in [6.07, 6.45) is 0. The van der Waals surface area contributed by atoms with Crippen LogP contribution in [-0.2, 0) is 0 Å². The van der Waals surface area contributed by atoms with Crippen LogP contribution in [0.2, 0.25) is 0 Å². The largest absolute Gasteiger partial charge is 0.399 e. The molecule has 0 aliphatic rings. The van der Waals surface area contributed by atoms with E-state index in [4.69, 9.17) is 16.6 Å². The van der Waals surface area contributed by atoms with E-state index in [1.807, 2.05) is 0 Å². The molecule has 0 heterocycles. The van der Waals surface area contributed by atoms with E-state index >= 15 is 0 Å². The number of aliphatic hydroxyl groups excluding tert-OH is 1. The lowest BCUT2D eigenvalue weighted by Crippen LogP contribution is -2.36. The fourth-order valence-electron chi connectivity index (χ4n) is 1.05. The van der Waals surface area contributed by atoms with Gasteiger partial charge in [0, 0.05) is 5.69 Å². The Morgan fingerprint density at radius 1 is 1.29 bits per heavy atom. The third-order valence-corrected chi connectivity index (χ3v) is 1.96. The summed E-state index contributed by atoms with van der Waals surface area (Å²) in [5.41, 5.74) is 11.4. The minimum absolute atomic E-state index is 0.248. The average molecular weight is 202 g/mol. The highest BCUT2D eigenvalue weighted by molar-refractivity contribution is 5.40. The SMILES string of the molecule is Nc1ccc([C@H](N)C(F)(F)CO)cc1. The molecule has 1 aromatic carbocycles. The van der Waals surface area contributed by atoms with Crippen LogP contribution in [0.3, 0.4) is 0 Å². The number of nitrogens with two attached hydrogens (primary N) is 2. The average Bonchev–Trinajstić information content (AvgIpc) is 2.18. The van der Waals surface area contributed by atoms with Crippen molar-refractivity contribution >= 4 is 5.69 Å². The van der Waals surface area contributed by atoms with E-state index in [1.165, 1.54) is 24.3 Å². The van der Waals surface area contributed by atoms with Crippen LogP contribution in [0.25, 0.3) is 0 Å². The van der Waals surface area contributed by atoms with E-state index in [1.54, 1.807) is 0 Å². The molecule has 14 heavy (non-hydrogen) atoms. The van der Waals surface area contributed by atoms with Gasteiger partial charge in [-0.15, -0.1) is 0 Å². The Kier molecular flexibility index (Phi) is 3.03. The van der Waals surface area contributed by atoms with Gasteiger partial charge in [-0.1, -0.05) is 12.1 Å². The van der Waals surface area contributed by atoms with Gasteiger partial charge in [-0.25, -0.2) is 8.78 Å². The summed E-state index contributed by atoms with van der Waals surface area (Å²) in [6, 6.07) is 4.31. The number of rotatable bonds is 3. The second-order valence-electron chi connectivity index (χ2n) is 3.06. The number of alkyl halides is 2. The van der Waals surface area contributed by atoms with Gasteiger partial charge in [0.1, 0.15) is 6.61 Å². The zero-order valence-electron chi connectivity index (χ0n) is 7.45. The maximum absolute atomic E-state index is 12.9. The first-order chi connectivity index (χ1) is 6.47. The highest BCUT2D eigenvalue weighted by atomic mass is 19.3. The van der Waals surface area contributed by atoms with E-state index < -0.39 is 18.6 Å². The molecule has 5 heteroatoms. The maximum atomic E-state index is 12.9. The van der Waals surface area contributed by atoms with Crippen molar-refractivity contribution in [3.63, 3.8) is 0 Å². The quantitative estimate of drug-likeness (QED) is 0.637. The van der Waals surface area contributed by atoms with Gasteiger partial charge in [-0.2, -0.15) is 0 Å². The van der Waals surface area contributed by atoms with Crippen molar-refractivity contribution in [3.8, 4) is 0 Å². The maximum Gasteiger partial charge on any atom is 0.289 e. The summed E-state index contributed by atoms with van der Waals surface area (Å²) in [5.74, 6) is -3.31. The second-order valence-corrected chi connectivity index (χ2v) is 3.06. The van der Waals surface area contributed by atoms with Crippen LogP contribution >= 0.6 is 0 Å². The first kappa shape index (κ1) is 10.9. The van der Waals surface area contributed by atoms with E-state index in [0.29, 0.717) is 5.69 Å². The molecule has 0 radical (unpaired) electrons. The van der Waals surface area contributed by atoms with Crippen molar-refractivity contribution in [1.82, 2.24) is 0 Å². The standard InChI is InChI=1S/C9H12F2N2O/c10-9(11,5-14)8(13)6-1-3-7(12)4-2-6/h1-4,8,14H,5,12-13H2/t8-/m0/s1. The predicted molar refractivity (Wildman–Crippen MR) is 49.8 cm³/mol.